The van der Waals surface area contributed by atoms with E-state index in [1.807, 2.05) is 0 Å². The fraction of sp³-hybridized carbons (Fsp3) is 0.357. The van der Waals surface area contributed by atoms with Gasteiger partial charge in [-0.1, -0.05) is 29.3 Å². The van der Waals surface area contributed by atoms with Crippen molar-refractivity contribution >= 4 is 40.9 Å². The molecule has 2 rings (SSSR count). The van der Waals surface area contributed by atoms with Crippen LogP contribution in [0.3, 0.4) is 0 Å². The minimum atomic E-state index is -0.955. The largest absolute Gasteiger partial charge is 0.356 e. The van der Waals surface area contributed by atoms with E-state index in [0.717, 1.165) is 10.6 Å². The molecule has 1 aromatic rings. The van der Waals surface area contributed by atoms with Gasteiger partial charge in [0.05, 0.1) is 0 Å². The number of carbonyl (C=O) groups excluding carboxylic acids is 3. The first-order valence-electron chi connectivity index (χ1n) is 6.67. The second-order valence-electron chi connectivity index (χ2n) is 4.97. The molecule has 0 spiro atoms. The molecule has 1 heterocycles. The van der Waals surface area contributed by atoms with Gasteiger partial charge in [0.15, 0.2) is 0 Å². The topological polar surface area (TPSA) is 78.5 Å². The highest BCUT2D eigenvalue weighted by Crippen LogP contribution is 2.21. The highest BCUT2D eigenvalue weighted by molar-refractivity contribution is 6.35. The van der Waals surface area contributed by atoms with Crippen molar-refractivity contribution in [2.75, 3.05) is 13.6 Å². The summed E-state index contributed by atoms with van der Waals surface area (Å²) in [6.45, 7) is 0.360. The van der Waals surface area contributed by atoms with Gasteiger partial charge in [-0.15, -0.1) is 0 Å². The summed E-state index contributed by atoms with van der Waals surface area (Å²) in [4.78, 5) is 35.0. The molecule has 6 nitrogen and oxygen atoms in total. The number of benzene rings is 1. The van der Waals surface area contributed by atoms with Crippen molar-refractivity contribution in [2.45, 2.75) is 12.8 Å². The number of carbonyl (C=O) groups is 3. The summed E-state index contributed by atoms with van der Waals surface area (Å²) in [7, 11) is 1.45. The molecular formula is C14H15Cl2N3O3. The third-order valence-corrected chi connectivity index (χ3v) is 3.93. The van der Waals surface area contributed by atoms with E-state index < -0.39 is 17.7 Å². The Bertz CT molecular complexity index is 621. The summed E-state index contributed by atoms with van der Waals surface area (Å²) in [5.41, 5.74) is 3.21. The van der Waals surface area contributed by atoms with Gasteiger partial charge in [-0.05, 0) is 24.1 Å². The van der Waals surface area contributed by atoms with Gasteiger partial charge in [-0.2, -0.15) is 0 Å². The minimum Gasteiger partial charge on any atom is -0.356 e. The highest BCUT2D eigenvalue weighted by Gasteiger charge is 2.38. The maximum atomic E-state index is 11.8. The van der Waals surface area contributed by atoms with Crippen molar-refractivity contribution in [3.05, 3.63) is 33.8 Å². The molecule has 22 heavy (non-hydrogen) atoms. The molecule has 8 heteroatoms. The van der Waals surface area contributed by atoms with Gasteiger partial charge in [0, 0.05) is 30.1 Å². The highest BCUT2D eigenvalue weighted by atomic mass is 35.5. The van der Waals surface area contributed by atoms with Crippen LogP contribution in [-0.2, 0) is 20.8 Å². The van der Waals surface area contributed by atoms with Crippen LogP contribution in [0.25, 0.3) is 0 Å². The SMILES string of the molecule is CN1NC(=O)C(CC(=O)NCCc2ccc(Cl)cc2Cl)C1=O. The second kappa shape index (κ2) is 6.98. The lowest BCUT2D eigenvalue weighted by molar-refractivity contribution is -0.135. The summed E-state index contributed by atoms with van der Waals surface area (Å²) in [6, 6.07) is 5.15. The molecule has 2 N–H and O–H groups in total. The van der Waals surface area contributed by atoms with E-state index in [9.17, 15) is 14.4 Å². The first-order chi connectivity index (χ1) is 10.4. The van der Waals surface area contributed by atoms with E-state index in [0.29, 0.717) is 23.0 Å². The summed E-state index contributed by atoms with van der Waals surface area (Å²) in [6.07, 6.45) is 0.371. The molecular weight excluding hydrogens is 329 g/mol. The number of nitrogens with zero attached hydrogens (tertiary/aromatic N) is 1. The first-order valence-corrected chi connectivity index (χ1v) is 7.42. The molecule has 1 aromatic carbocycles. The van der Waals surface area contributed by atoms with Gasteiger partial charge in [-0.3, -0.25) is 24.8 Å². The van der Waals surface area contributed by atoms with Crippen LogP contribution >= 0.6 is 23.2 Å². The first kappa shape index (κ1) is 16.6. The fourth-order valence-electron chi connectivity index (χ4n) is 2.14. The Kier molecular flexibility index (Phi) is 5.26. The molecule has 1 aliphatic rings. The van der Waals surface area contributed by atoms with Gasteiger partial charge in [-0.25, -0.2) is 0 Å². The molecule has 1 atom stereocenters. The molecule has 0 radical (unpaired) electrons. The van der Waals surface area contributed by atoms with Crippen LogP contribution in [0, 0.1) is 5.92 Å². The minimum absolute atomic E-state index is 0.163. The number of halogens is 2. The number of rotatable bonds is 5. The van der Waals surface area contributed by atoms with Crippen molar-refractivity contribution in [3.8, 4) is 0 Å². The van der Waals surface area contributed by atoms with Gasteiger partial charge >= 0.3 is 0 Å². The summed E-state index contributed by atoms with van der Waals surface area (Å²) < 4.78 is 0. The summed E-state index contributed by atoms with van der Waals surface area (Å²) in [5, 5.41) is 4.85. The Morgan fingerprint density at radius 2 is 2.09 bits per heavy atom. The summed E-state index contributed by atoms with van der Waals surface area (Å²) in [5.74, 6) is -2.16. The molecule has 0 aliphatic carbocycles. The van der Waals surface area contributed by atoms with Crippen molar-refractivity contribution in [1.29, 1.82) is 0 Å². The van der Waals surface area contributed by atoms with Gasteiger partial charge in [0.1, 0.15) is 5.92 Å². The van der Waals surface area contributed by atoms with Crippen LogP contribution in [0.4, 0.5) is 0 Å². The van der Waals surface area contributed by atoms with Crippen LogP contribution < -0.4 is 10.7 Å². The Balaban J connectivity index is 1.81. The number of amides is 3. The molecule has 0 bridgehead atoms. The lowest BCUT2D eigenvalue weighted by Crippen LogP contribution is -2.31. The zero-order chi connectivity index (χ0) is 16.3. The van der Waals surface area contributed by atoms with E-state index in [2.05, 4.69) is 10.7 Å². The van der Waals surface area contributed by atoms with Crippen LogP contribution in [0.2, 0.25) is 10.0 Å². The van der Waals surface area contributed by atoms with Gasteiger partial charge in [0.2, 0.25) is 5.91 Å². The molecule has 3 amide bonds. The number of hydrazine groups is 1. The molecule has 1 aliphatic heterocycles. The number of hydrogen-bond acceptors (Lipinski definition) is 3. The average Bonchev–Trinajstić information content (AvgIpc) is 2.68. The predicted molar refractivity (Wildman–Crippen MR) is 82.2 cm³/mol. The Morgan fingerprint density at radius 3 is 2.68 bits per heavy atom. The fourth-order valence-corrected chi connectivity index (χ4v) is 2.65. The monoisotopic (exact) mass is 343 g/mol. The Hall–Kier alpha value is -1.79. The van der Waals surface area contributed by atoms with Crippen LogP contribution in [0.1, 0.15) is 12.0 Å². The average molecular weight is 344 g/mol. The van der Waals surface area contributed by atoms with Gasteiger partial charge < -0.3 is 5.32 Å². The zero-order valence-electron chi connectivity index (χ0n) is 11.9. The van der Waals surface area contributed by atoms with Crippen molar-refractivity contribution in [1.82, 2.24) is 15.8 Å². The lowest BCUT2D eigenvalue weighted by Gasteiger charge is -2.09. The smallest absolute Gasteiger partial charge is 0.253 e. The lowest BCUT2D eigenvalue weighted by atomic mass is 10.0. The molecule has 118 valence electrons. The van der Waals surface area contributed by atoms with E-state index >= 15 is 0 Å². The molecule has 1 unspecified atom stereocenters. The predicted octanol–water partition coefficient (Wildman–Crippen LogP) is 1.16. The quantitative estimate of drug-likeness (QED) is 0.787. The zero-order valence-corrected chi connectivity index (χ0v) is 13.4. The van der Waals surface area contributed by atoms with Crippen LogP contribution in [-0.4, -0.2) is 36.3 Å². The maximum Gasteiger partial charge on any atom is 0.253 e. The number of hydrogen-bond donors (Lipinski definition) is 2. The van der Waals surface area contributed by atoms with E-state index in [4.69, 9.17) is 23.2 Å². The third-order valence-electron chi connectivity index (χ3n) is 3.34. The maximum absolute atomic E-state index is 11.8. The van der Waals surface area contributed by atoms with Crippen LogP contribution in [0.15, 0.2) is 18.2 Å². The normalized spacial score (nSPS) is 17.6. The Morgan fingerprint density at radius 1 is 1.36 bits per heavy atom. The van der Waals surface area contributed by atoms with Crippen molar-refractivity contribution in [3.63, 3.8) is 0 Å². The second-order valence-corrected chi connectivity index (χ2v) is 5.81. The summed E-state index contributed by atoms with van der Waals surface area (Å²) >= 11 is 11.8. The molecule has 0 saturated carbocycles. The van der Waals surface area contributed by atoms with E-state index in [1.54, 1.807) is 18.2 Å². The van der Waals surface area contributed by atoms with E-state index in [1.165, 1.54) is 7.05 Å². The molecule has 0 aromatic heterocycles. The Labute approximate surface area is 137 Å². The third kappa shape index (κ3) is 3.90. The molecule has 1 saturated heterocycles. The standard InChI is InChI=1S/C14H15Cl2N3O3/c1-19-14(22)10(13(21)18-19)7-12(20)17-5-4-8-2-3-9(15)6-11(8)16/h2-3,6,10H,4-5,7H2,1H3,(H,17,20)(H,18,21). The van der Waals surface area contributed by atoms with E-state index in [-0.39, 0.29) is 12.3 Å². The van der Waals surface area contributed by atoms with Crippen molar-refractivity contribution in [2.24, 2.45) is 5.92 Å². The molecule has 1 fully saturated rings. The van der Waals surface area contributed by atoms with Crippen LogP contribution in [0.5, 0.6) is 0 Å². The van der Waals surface area contributed by atoms with Gasteiger partial charge in [0.25, 0.3) is 11.8 Å². The number of nitrogens with one attached hydrogen (secondary N) is 2. The van der Waals surface area contributed by atoms with Crippen molar-refractivity contribution < 1.29 is 14.4 Å².